The lowest BCUT2D eigenvalue weighted by molar-refractivity contribution is 0.0911. The van der Waals surface area contributed by atoms with Crippen molar-refractivity contribution < 1.29 is 4.79 Å². The summed E-state index contributed by atoms with van der Waals surface area (Å²) in [6, 6.07) is 7.59. The highest BCUT2D eigenvalue weighted by Crippen LogP contribution is 2.24. The van der Waals surface area contributed by atoms with Gasteiger partial charge in [-0.1, -0.05) is 18.2 Å². The van der Waals surface area contributed by atoms with E-state index >= 15 is 0 Å². The van der Waals surface area contributed by atoms with Crippen molar-refractivity contribution in [3.05, 3.63) is 51.5 Å². The number of rotatable bonds is 3. The third kappa shape index (κ3) is 3.01. The summed E-state index contributed by atoms with van der Waals surface area (Å²) in [6.07, 6.45) is 0. The fourth-order valence-electron chi connectivity index (χ4n) is 1.87. The van der Waals surface area contributed by atoms with Gasteiger partial charge in [-0.05, 0) is 39.3 Å². The van der Waals surface area contributed by atoms with E-state index in [9.17, 15) is 4.79 Å². The number of amides is 1. The lowest BCUT2D eigenvalue weighted by Gasteiger charge is -2.24. The van der Waals surface area contributed by atoms with Gasteiger partial charge in [0.15, 0.2) is 0 Å². The van der Waals surface area contributed by atoms with Crippen molar-refractivity contribution in [2.75, 3.05) is 0 Å². The van der Waals surface area contributed by atoms with Gasteiger partial charge < -0.3 is 5.32 Å². The zero-order valence-corrected chi connectivity index (χ0v) is 12.5. The Kier molecular flexibility index (Phi) is 3.71. The summed E-state index contributed by atoms with van der Waals surface area (Å²) in [5.74, 6) is -0.0593. The van der Waals surface area contributed by atoms with Gasteiger partial charge in [-0.3, -0.25) is 4.79 Å². The molecule has 1 amide bonds. The summed E-state index contributed by atoms with van der Waals surface area (Å²) >= 11 is 1.57. The molecule has 1 aromatic heterocycles. The predicted molar refractivity (Wildman–Crippen MR) is 78.5 cm³/mol. The van der Waals surface area contributed by atoms with Crippen molar-refractivity contribution in [2.24, 2.45) is 0 Å². The molecular weight excluding hydrogens is 256 g/mol. The molecule has 0 radical (unpaired) electrons. The topological polar surface area (TPSA) is 42.0 Å². The molecule has 19 heavy (non-hydrogen) atoms. The first-order chi connectivity index (χ1) is 8.90. The second-order valence-corrected chi connectivity index (χ2v) is 6.05. The monoisotopic (exact) mass is 274 g/mol. The largest absolute Gasteiger partial charge is 0.341 e. The molecule has 0 fully saturated rings. The van der Waals surface area contributed by atoms with Crippen molar-refractivity contribution in [2.45, 2.75) is 33.2 Å². The number of carbonyl (C=O) groups is 1. The molecule has 1 N–H and O–H groups in total. The van der Waals surface area contributed by atoms with Gasteiger partial charge in [0.25, 0.3) is 5.91 Å². The molecule has 0 spiro atoms. The van der Waals surface area contributed by atoms with E-state index in [1.165, 1.54) is 0 Å². The van der Waals surface area contributed by atoms with Gasteiger partial charge in [0, 0.05) is 16.6 Å². The Hall–Kier alpha value is -1.68. The van der Waals surface area contributed by atoms with E-state index in [1.807, 2.05) is 57.3 Å². The molecule has 1 aromatic carbocycles. The van der Waals surface area contributed by atoms with E-state index < -0.39 is 5.54 Å². The molecule has 0 saturated carbocycles. The lowest BCUT2D eigenvalue weighted by Crippen LogP contribution is -2.41. The van der Waals surface area contributed by atoms with Crippen LogP contribution in [0.25, 0.3) is 0 Å². The number of nitrogens with one attached hydrogen (secondary N) is 1. The van der Waals surface area contributed by atoms with Gasteiger partial charge in [0.2, 0.25) is 0 Å². The van der Waals surface area contributed by atoms with Crippen LogP contribution >= 0.6 is 11.3 Å². The summed E-state index contributed by atoms with van der Waals surface area (Å²) in [6.45, 7) is 7.84. The fraction of sp³-hybridized carbons (Fsp3) is 0.333. The van der Waals surface area contributed by atoms with Crippen LogP contribution in [0, 0.1) is 13.8 Å². The van der Waals surface area contributed by atoms with Gasteiger partial charge in [0.1, 0.15) is 5.01 Å². The maximum absolute atomic E-state index is 12.3. The quantitative estimate of drug-likeness (QED) is 0.931. The van der Waals surface area contributed by atoms with Crippen LogP contribution in [-0.2, 0) is 5.54 Å². The first-order valence-electron chi connectivity index (χ1n) is 6.21. The summed E-state index contributed by atoms with van der Waals surface area (Å²) in [4.78, 5) is 16.8. The van der Waals surface area contributed by atoms with Crippen LogP contribution in [0.3, 0.4) is 0 Å². The Morgan fingerprint density at radius 3 is 2.53 bits per heavy atom. The van der Waals surface area contributed by atoms with E-state index in [2.05, 4.69) is 10.3 Å². The Labute approximate surface area is 117 Å². The second-order valence-electron chi connectivity index (χ2n) is 5.19. The van der Waals surface area contributed by atoms with Gasteiger partial charge in [-0.25, -0.2) is 4.98 Å². The Bertz CT molecular complexity index is 602. The summed E-state index contributed by atoms with van der Waals surface area (Å²) < 4.78 is 0. The molecule has 0 aliphatic rings. The number of hydrogen-bond acceptors (Lipinski definition) is 3. The summed E-state index contributed by atoms with van der Waals surface area (Å²) in [7, 11) is 0. The molecule has 0 bridgehead atoms. The average Bonchev–Trinajstić information content (AvgIpc) is 2.76. The van der Waals surface area contributed by atoms with Crippen molar-refractivity contribution in [1.29, 1.82) is 0 Å². The Balaban J connectivity index is 2.21. The number of thiazole rings is 1. The first kappa shape index (κ1) is 13.7. The molecule has 3 nitrogen and oxygen atoms in total. The second kappa shape index (κ2) is 5.13. The number of carbonyl (C=O) groups excluding carboxylic acids is 1. The van der Waals surface area contributed by atoms with Crippen LogP contribution in [0.1, 0.15) is 40.5 Å². The van der Waals surface area contributed by atoms with E-state index in [4.69, 9.17) is 0 Å². The van der Waals surface area contributed by atoms with Gasteiger partial charge in [0.05, 0.1) is 5.54 Å². The smallest absolute Gasteiger partial charge is 0.252 e. The van der Waals surface area contributed by atoms with Crippen LogP contribution in [0.2, 0.25) is 0 Å². The summed E-state index contributed by atoms with van der Waals surface area (Å²) in [5.41, 5.74) is 2.21. The van der Waals surface area contributed by atoms with Crippen LogP contribution in [0.4, 0.5) is 0 Å². The molecule has 2 rings (SSSR count). The van der Waals surface area contributed by atoms with Crippen LogP contribution in [0.5, 0.6) is 0 Å². The van der Waals surface area contributed by atoms with Crippen molar-refractivity contribution in [3.63, 3.8) is 0 Å². The van der Waals surface area contributed by atoms with Crippen molar-refractivity contribution >= 4 is 17.2 Å². The van der Waals surface area contributed by atoms with E-state index in [1.54, 1.807) is 11.3 Å². The number of hydrogen-bond donors (Lipinski definition) is 1. The number of nitrogens with zero attached hydrogens (tertiary/aromatic N) is 1. The highest BCUT2D eigenvalue weighted by molar-refractivity contribution is 7.09. The van der Waals surface area contributed by atoms with Crippen LogP contribution < -0.4 is 5.32 Å². The minimum absolute atomic E-state index is 0.0593. The minimum Gasteiger partial charge on any atom is -0.341 e. The van der Waals surface area contributed by atoms with Crippen molar-refractivity contribution in [1.82, 2.24) is 10.3 Å². The fourth-order valence-corrected chi connectivity index (χ4v) is 2.75. The zero-order valence-electron chi connectivity index (χ0n) is 11.7. The van der Waals surface area contributed by atoms with Gasteiger partial charge in [-0.15, -0.1) is 11.3 Å². The lowest BCUT2D eigenvalue weighted by atomic mass is 10.0. The van der Waals surface area contributed by atoms with Crippen LogP contribution in [0.15, 0.2) is 29.6 Å². The number of aryl methyl sites for hydroxylation is 2. The van der Waals surface area contributed by atoms with Gasteiger partial charge >= 0.3 is 0 Å². The van der Waals surface area contributed by atoms with E-state index in [0.717, 1.165) is 16.3 Å². The molecule has 0 aliphatic heterocycles. The van der Waals surface area contributed by atoms with Gasteiger partial charge in [-0.2, -0.15) is 0 Å². The first-order valence-corrected chi connectivity index (χ1v) is 7.09. The minimum atomic E-state index is -0.460. The molecule has 2 aromatic rings. The molecule has 0 aliphatic carbocycles. The molecule has 0 saturated heterocycles. The predicted octanol–water partition coefficient (Wildman–Crippen LogP) is 3.43. The van der Waals surface area contributed by atoms with E-state index in [0.29, 0.717) is 5.56 Å². The average molecular weight is 274 g/mol. The maximum atomic E-state index is 12.3. The third-order valence-electron chi connectivity index (χ3n) is 2.97. The molecular formula is C15H18N2OS. The molecule has 1 heterocycles. The summed E-state index contributed by atoms with van der Waals surface area (Å²) in [5, 5.41) is 5.97. The maximum Gasteiger partial charge on any atom is 0.252 e. The standard InChI is InChI=1S/C15H18N2OS/c1-10-7-5-6-8-12(10)13(18)17-15(3,4)14-16-11(2)9-19-14/h5-9H,1-4H3,(H,17,18). The molecule has 0 unspecified atom stereocenters. The zero-order chi connectivity index (χ0) is 14.0. The van der Waals surface area contributed by atoms with Crippen molar-refractivity contribution in [3.8, 4) is 0 Å². The van der Waals surface area contributed by atoms with Crippen LogP contribution in [-0.4, -0.2) is 10.9 Å². The molecule has 4 heteroatoms. The van der Waals surface area contributed by atoms with E-state index in [-0.39, 0.29) is 5.91 Å². The normalized spacial score (nSPS) is 11.4. The molecule has 100 valence electrons. The highest BCUT2D eigenvalue weighted by atomic mass is 32.1. The Morgan fingerprint density at radius 2 is 1.95 bits per heavy atom. The highest BCUT2D eigenvalue weighted by Gasteiger charge is 2.26. The third-order valence-corrected chi connectivity index (χ3v) is 4.25. The number of benzene rings is 1. The molecule has 0 atom stereocenters. The Morgan fingerprint density at radius 1 is 1.26 bits per heavy atom. The number of aromatic nitrogens is 1. The SMILES string of the molecule is Cc1csc(C(C)(C)NC(=O)c2ccccc2C)n1.